The molecule has 1 aromatic heterocycles. The molecule has 2 rings (SSSR count). The van der Waals surface area contributed by atoms with Gasteiger partial charge in [0.05, 0.1) is 5.41 Å². The Balaban J connectivity index is 2.24. The first kappa shape index (κ1) is 12.9. The van der Waals surface area contributed by atoms with Gasteiger partial charge in [-0.05, 0) is 32.0 Å². The van der Waals surface area contributed by atoms with E-state index in [-0.39, 0.29) is 11.8 Å². The lowest BCUT2D eigenvalue weighted by molar-refractivity contribution is -0.122. The van der Waals surface area contributed by atoms with Crippen LogP contribution in [0.2, 0.25) is 0 Å². The van der Waals surface area contributed by atoms with Gasteiger partial charge in [0.15, 0.2) is 11.5 Å². The number of carbonyl (C=O) groups is 1. The van der Waals surface area contributed by atoms with Crippen LogP contribution in [0, 0.1) is 12.3 Å². The molecule has 0 fully saturated rings. The van der Waals surface area contributed by atoms with Gasteiger partial charge >= 0.3 is 0 Å². The summed E-state index contributed by atoms with van der Waals surface area (Å²) in [6, 6.07) is 5.36. The molecule has 96 valence electrons. The third-order valence-corrected chi connectivity index (χ3v) is 3.37. The number of fused-ring (bicyclic) bond motifs is 1. The largest absolute Gasteiger partial charge is 0.441 e. The average Bonchev–Trinajstić information content (AvgIpc) is 2.68. The van der Waals surface area contributed by atoms with Gasteiger partial charge in [-0.15, -0.1) is 11.6 Å². The van der Waals surface area contributed by atoms with Crippen LogP contribution in [-0.4, -0.2) is 16.8 Å². The second kappa shape index (κ2) is 4.61. The van der Waals surface area contributed by atoms with Gasteiger partial charge in [0.25, 0.3) is 0 Å². The first-order chi connectivity index (χ1) is 8.42. The Bertz CT molecular complexity index is 590. The summed E-state index contributed by atoms with van der Waals surface area (Å²) in [4.78, 5) is 16.2. The molecular weight excluding hydrogens is 252 g/mol. The summed E-state index contributed by atoms with van der Waals surface area (Å²) >= 11 is 5.76. The fourth-order valence-electron chi connectivity index (χ4n) is 1.48. The molecular formula is C13H15ClN2O2. The molecule has 1 heterocycles. The summed E-state index contributed by atoms with van der Waals surface area (Å²) in [7, 11) is 0. The Morgan fingerprint density at radius 3 is 2.89 bits per heavy atom. The summed E-state index contributed by atoms with van der Waals surface area (Å²) in [6.45, 7) is 5.39. The Morgan fingerprint density at radius 1 is 1.50 bits per heavy atom. The van der Waals surface area contributed by atoms with E-state index in [1.54, 1.807) is 39.0 Å². The number of amides is 1. The van der Waals surface area contributed by atoms with Crippen molar-refractivity contribution < 1.29 is 9.21 Å². The van der Waals surface area contributed by atoms with Crippen LogP contribution >= 0.6 is 11.6 Å². The van der Waals surface area contributed by atoms with E-state index in [4.69, 9.17) is 16.0 Å². The molecule has 1 aromatic carbocycles. The van der Waals surface area contributed by atoms with E-state index in [1.807, 2.05) is 0 Å². The van der Waals surface area contributed by atoms with Crippen LogP contribution in [0.3, 0.4) is 0 Å². The quantitative estimate of drug-likeness (QED) is 0.867. The van der Waals surface area contributed by atoms with E-state index < -0.39 is 5.41 Å². The summed E-state index contributed by atoms with van der Waals surface area (Å²) in [5, 5.41) is 2.83. The van der Waals surface area contributed by atoms with E-state index in [1.165, 1.54) is 0 Å². The maximum Gasteiger partial charge on any atom is 0.231 e. The fraction of sp³-hybridized carbons (Fsp3) is 0.385. The number of oxazole rings is 1. The number of nitrogens with zero attached hydrogens (tertiary/aromatic N) is 1. The van der Waals surface area contributed by atoms with Crippen molar-refractivity contribution in [2.75, 3.05) is 11.2 Å². The number of rotatable bonds is 3. The van der Waals surface area contributed by atoms with Crippen molar-refractivity contribution in [1.82, 2.24) is 4.98 Å². The molecule has 5 heteroatoms. The van der Waals surface area contributed by atoms with Crippen molar-refractivity contribution in [2.45, 2.75) is 20.8 Å². The normalized spacial score (nSPS) is 11.8. The molecule has 1 N–H and O–H groups in total. The van der Waals surface area contributed by atoms with E-state index >= 15 is 0 Å². The van der Waals surface area contributed by atoms with Crippen molar-refractivity contribution in [3.8, 4) is 0 Å². The molecule has 0 aliphatic rings. The molecule has 0 spiro atoms. The first-order valence-electron chi connectivity index (χ1n) is 5.67. The van der Waals surface area contributed by atoms with E-state index in [0.29, 0.717) is 17.2 Å². The van der Waals surface area contributed by atoms with Crippen LogP contribution in [0.4, 0.5) is 5.69 Å². The fourth-order valence-corrected chi connectivity index (χ4v) is 1.60. The van der Waals surface area contributed by atoms with Crippen LogP contribution in [0.5, 0.6) is 0 Å². The maximum atomic E-state index is 12.0. The highest BCUT2D eigenvalue weighted by atomic mass is 35.5. The molecule has 0 radical (unpaired) electrons. The molecule has 0 aliphatic carbocycles. The number of aryl methyl sites for hydroxylation is 1. The zero-order chi connectivity index (χ0) is 13.3. The number of carbonyl (C=O) groups excluding carboxylic acids is 1. The van der Waals surface area contributed by atoms with Gasteiger partial charge in [-0.2, -0.15) is 0 Å². The number of halogens is 1. The smallest absolute Gasteiger partial charge is 0.231 e. The molecule has 0 aliphatic heterocycles. The van der Waals surface area contributed by atoms with Gasteiger partial charge in [0, 0.05) is 18.5 Å². The lowest BCUT2D eigenvalue weighted by Crippen LogP contribution is -2.32. The zero-order valence-corrected chi connectivity index (χ0v) is 11.3. The first-order valence-corrected chi connectivity index (χ1v) is 6.20. The lowest BCUT2D eigenvalue weighted by atomic mass is 9.95. The summed E-state index contributed by atoms with van der Waals surface area (Å²) in [6.07, 6.45) is 0. The highest BCUT2D eigenvalue weighted by Crippen LogP contribution is 2.23. The van der Waals surface area contributed by atoms with Gasteiger partial charge in [-0.25, -0.2) is 4.98 Å². The Hall–Kier alpha value is -1.55. The highest BCUT2D eigenvalue weighted by molar-refractivity contribution is 6.20. The number of aromatic nitrogens is 1. The number of anilines is 1. The van der Waals surface area contributed by atoms with Crippen molar-refractivity contribution in [1.29, 1.82) is 0 Å². The minimum absolute atomic E-state index is 0.114. The average molecular weight is 267 g/mol. The molecule has 4 nitrogen and oxygen atoms in total. The maximum absolute atomic E-state index is 12.0. The number of hydrogen-bond donors (Lipinski definition) is 1. The van der Waals surface area contributed by atoms with Crippen LogP contribution in [0.25, 0.3) is 11.1 Å². The second-order valence-corrected chi connectivity index (χ2v) is 5.15. The minimum Gasteiger partial charge on any atom is -0.441 e. The van der Waals surface area contributed by atoms with Crippen LogP contribution in [0.1, 0.15) is 19.7 Å². The topological polar surface area (TPSA) is 55.1 Å². The summed E-state index contributed by atoms with van der Waals surface area (Å²) in [5.41, 5.74) is 1.53. The van der Waals surface area contributed by atoms with E-state index in [2.05, 4.69) is 10.3 Å². The second-order valence-electron chi connectivity index (χ2n) is 4.89. The predicted octanol–water partition coefficient (Wildman–Crippen LogP) is 3.34. The number of hydrogen-bond acceptors (Lipinski definition) is 3. The van der Waals surface area contributed by atoms with E-state index in [0.717, 1.165) is 5.52 Å². The number of benzene rings is 1. The SMILES string of the molecule is Cc1nc2cc(NC(=O)C(C)(C)CCl)ccc2o1. The van der Waals surface area contributed by atoms with Gasteiger partial charge in [-0.3, -0.25) is 4.79 Å². The third kappa shape index (κ3) is 2.48. The minimum atomic E-state index is -0.601. The Kier molecular flexibility index (Phi) is 3.30. The van der Waals surface area contributed by atoms with Crippen LogP contribution in [-0.2, 0) is 4.79 Å². The lowest BCUT2D eigenvalue weighted by Gasteiger charge is -2.20. The standard InChI is InChI=1S/C13H15ClN2O2/c1-8-15-10-6-9(4-5-11(10)18-8)16-12(17)13(2,3)7-14/h4-6H,7H2,1-3H3,(H,16,17). The molecule has 2 aromatic rings. The Labute approximate surface area is 110 Å². The third-order valence-electron chi connectivity index (χ3n) is 2.70. The predicted molar refractivity (Wildman–Crippen MR) is 71.9 cm³/mol. The molecule has 18 heavy (non-hydrogen) atoms. The van der Waals surface area contributed by atoms with Gasteiger partial charge in [-0.1, -0.05) is 0 Å². The van der Waals surface area contributed by atoms with Crippen LogP contribution < -0.4 is 5.32 Å². The van der Waals surface area contributed by atoms with Crippen molar-refractivity contribution in [3.63, 3.8) is 0 Å². The van der Waals surface area contributed by atoms with Gasteiger partial charge in [0.2, 0.25) is 5.91 Å². The van der Waals surface area contributed by atoms with Gasteiger partial charge < -0.3 is 9.73 Å². The molecule has 0 unspecified atom stereocenters. The molecule has 0 bridgehead atoms. The number of nitrogens with one attached hydrogen (secondary N) is 1. The number of alkyl halides is 1. The Morgan fingerprint density at radius 2 is 2.22 bits per heavy atom. The molecule has 0 saturated carbocycles. The molecule has 0 saturated heterocycles. The zero-order valence-electron chi connectivity index (χ0n) is 10.6. The van der Waals surface area contributed by atoms with Gasteiger partial charge in [0.1, 0.15) is 5.52 Å². The van der Waals surface area contributed by atoms with Crippen LogP contribution in [0.15, 0.2) is 22.6 Å². The molecule has 0 atom stereocenters. The van der Waals surface area contributed by atoms with E-state index in [9.17, 15) is 4.79 Å². The van der Waals surface area contributed by atoms with Crippen molar-refractivity contribution >= 4 is 34.3 Å². The van der Waals surface area contributed by atoms with Crippen molar-refractivity contribution in [2.24, 2.45) is 5.41 Å². The summed E-state index contributed by atoms with van der Waals surface area (Å²) < 4.78 is 5.37. The van der Waals surface area contributed by atoms with Crippen molar-refractivity contribution in [3.05, 3.63) is 24.1 Å². The highest BCUT2D eigenvalue weighted by Gasteiger charge is 2.26. The monoisotopic (exact) mass is 266 g/mol. The molecule has 1 amide bonds. The summed E-state index contributed by atoms with van der Waals surface area (Å²) in [5.74, 6) is 0.760.